The maximum atomic E-state index is 12.7. The summed E-state index contributed by atoms with van der Waals surface area (Å²) in [5, 5.41) is 4.76. The van der Waals surface area contributed by atoms with E-state index in [-0.39, 0.29) is 10.5 Å². The zero-order chi connectivity index (χ0) is 27.9. The molecule has 0 saturated carbocycles. The highest BCUT2D eigenvalue weighted by atomic mass is 127. The summed E-state index contributed by atoms with van der Waals surface area (Å²) in [7, 11) is 0. The molecule has 4 rings (SSSR count). The van der Waals surface area contributed by atoms with Crippen molar-refractivity contribution in [3.63, 3.8) is 0 Å². The zero-order valence-electron chi connectivity index (χ0n) is 20.6. The lowest BCUT2D eigenvalue weighted by Crippen LogP contribution is -2.36. The van der Waals surface area contributed by atoms with Gasteiger partial charge in [0.1, 0.15) is 6.54 Å². The van der Waals surface area contributed by atoms with E-state index in [0.29, 0.717) is 16.9 Å². The lowest BCUT2D eigenvalue weighted by atomic mass is 10.1. The third-order valence-electron chi connectivity index (χ3n) is 5.42. The van der Waals surface area contributed by atoms with Crippen LogP contribution >= 0.6 is 34.4 Å². The van der Waals surface area contributed by atoms with E-state index in [4.69, 9.17) is 4.74 Å². The number of imide groups is 1. The maximum absolute atomic E-state index is 12.7. The fraction of sp³-hybridized carbons (Fsp3) is 0.107. The van der Waals surface area contributed by atoms with Crippen molar-refractivity contribution >= 4 is 80.7 Å². The summed E-state index contributed by atoms with van der Waals surface area (Å²) < 4.78 is 6.08. The third-order valence-corrected chi connectivity index (χ3v) is 7.04. The Hall–Kier alpha value is -3.97. The summed E-state index contributed by atoms with van der Waals surface area (Å²) >= 11 is 2.88. The van der Waals surface area contributed by atoms with Crippen molar-refractivity contribution in [1.82, 2.24) is 4.90 Å². The Morgan fingerprint density at radius 1 is 0.872 bits per heavy atom. The van der Waals surface area contributed by atoms with Gasteiger partial charge in [0.15, 0.2) is 6.61 Å². The maximum Gasteiger partial charge on any atom is 0.338 e. The van der Waals surface area contributed by atoms with E-state index >= 15 is 0 Å². The summed E-state index contributed by atoms with van der Waals surface area (Å²) in [6.45, 7) is 1.08. The molecule has 0 atom stereocenters. The van der Waals surface area contributed by atoms with Gasteiger partial charge in [-0.05, 0) is 101 Å². The fourth-order valence-corrected chi connectivity index (χ4v) is 4.63. The van der Waals surface area contributed by atoms with Gasteiger partial charge < -0.3 is 15.4 Å². The number of halogens is 1. The Bertz CT molecular complexity index is 1450. The summed E-state index contributed by atoms with van der Waals surface area (Å²) in [4.78, 5) is 62.9. The second-order valence-corrected chi connectivity index (χ2v) is 10.7. The Morgan fingerprint density at radius 3 is 2.10 bits per heavy atom. The number of hydrogen-bond donors (Lipinski definition) is 2. The first kappa shape index (κ1) is 28.0. The second kappa shape index (κ2) is 12.7. The molecule has 11 heteroatoms. The van der Waals surface area contributed by atoms with Gasteiger partial charge in [-0.2, -0.15) is 0 Å². The van der Waals surface area contributed by atoms with Crippen LogP contribution in [-0.2, 0) is 19.1 Å². The van der Waals surface area contributed by atoms with Crippen molar-refractivity contribution in [1.29, 1.82) is 0 Å². The van der Waals surface area contributed by atoms with Gasteiger partial charge in [-0.15, -0.1) is 0 Å². The molecule has 0 bridgehead atoms. The minimum absolute atomic E-state index is 0.158. The normalized spacial score (nSPS) is 13.9. The largest absolute Gasteiger partial charge is 0.452 e. The van der Waals surface area contributed by atoms with E-state index in [2.05, 4.69) is 33.2 Å². The van der Waals surface area contributed by atoms with Crippen molar-refractivity contribution in [3.8, 4) is 0 Å². The molecule has 198 valence electrons. The Kier molecular flexibility index (Phi) is 9.15. The molecule has 1 saturated heterocycles. The first-order chi connectivity index (χ1) is 18.7. The van der Waals surface area contributed by atoms with Gasteiger partial charge >= 0.3 is 5.97 Å². The smallest absolute Gasteiger partial charge is 0.338 e. The summed E-state index contributed by atoms with van der Waals surface area (Å²) in [5.41, 5.74) is 3.00. The molecule has 1 aliphatic heterocycles. The van der Waals surface area contributed by atoms with Crippen LogP contribution in [0.1, 0.15) is 21.5 Å². The van der Waals surface area contributed by atoms with Crippen molar-refractivity contribution in [2.24, 2.45) is 0 Å². The average Bonchev–Trinajstić information content (AvgIpc) is 3.17. The van der Waals surface area contributed by atoms with Crippen LogP contribution in [-0.4, -0.2) is 47.0 Å². The van der Waals surface area contributed by atoms with Gasteiger partial charge in [0.25, 0.3) is 17.1 Å². The molecule has 1 heterocycles. The van der Waals surface area contributed by atoms with Gasteiger partial charge in [-0.1, -0.05) is 29.8 Å². The molecule has 4 amide bonds. The highest BCUT2D eigenvalue weighted by Crippen LogP contribution is 2.32. The molecule has 1 aliphatic rings. The number of rotatable bonds is 8. The first-order valence-corrected chi connectivity index (χ1v) is 13.5. The molecular formula is C28H22IN3O6S. The number of thioether (sulfide) groups is 1. The van der Waals surface area contributed by atoms with Crippen LogP contribution in [0.4, 0.5) is 16.2 Å². The number of carbonyl (C=O) groups excluding carboxylic acids is 5. The zero-order valence-corrected chi connectivity index (χ0v) is 23.6. The number of nitrogens with one attached hydrogen (secondary N) is 2. The Labute approximate surface area is 242 Å². The molecule has 0 spiro atoms. The Morgan fingerprint density at radius 2 is 1.46 bits per heavy atom. The number of carbonyl (C=O) groups is 5. The SMILES string of the molecule is Cc1ccc(NC(=O)COC(=O)c2ccc(/C=C3\SC(=O)N(CC(=O)Nc4ccc(I)cc4)C3=O)cc2)cc1. The van der Waals surface area contributed by atoms with Gasteiger partial charge in [0, 0.05) is 14.9 Å². The number of aryl methyl sites for hydroxylation is 1. The Balaban J connectivity index is 1.30. The third kappa shape index (κ3) is 7.77. The average molecular weight is 655 g/mol. The highest BCUT2D eigenvalue weighted by molar-refractivity contribution is 14.1. The monoisotopic (exact) mass is 655 g/mol. The summed E-state index contributed by atoms with van der Waals surface area (Å²) in [5.74, 6) is -2.21. The van der Waals surface area contributed by atoms with Gasteiger partial charge in [-0.3, -0.25) is 24.1 Å². The highest BCUT2D eigenvalue weighted by Gasteiger charge is 2.36. The lowest BCUT2D eigenvalue weighted by Gasteiger charge is -2.12. The molecular weight excluding hydrogens is 633 g/mol. The number of anilines is 2. The van der Waals surface area contributed by atoms with E-state index in [1.807, 2.05) is 31.2 Å². The van der Waals surface area contributed by atoms with Crippen LogP contribution in [0.15, 0.2) is 77.7 Å². The van der Waals surface area contributed by atoms with Gasteiger partial charge in [0.05, 0.1) is 10.5 Å². The molecule has 2 N–H and O–H groups in total. The number of benzene rings is 3. The van der Waals surface area contributed by atoms with Crippen LogP contribution in [0.5, 0.6) is 0 Å². The number of nitrogens with zero attached hydrogens (tertiary/aromatic N) is 1. The predicted molar refractivity (Wildman–Crippen MR) is 157 cm³/mol. The fourth-order valence-electron chi connectivity index (χ4n) is 3.43. The van der Waals surface area contributed by atoms with E-state index in [1.165, 1.54) is 18.2 Å². The topological polar surface area (TPSA) is 122 Å². The van der Waals surface area contributed by atoms with E-state index < -0.39 is 42.1 Å². The van der Waals surface area contributed by atoms with E-state index in [1.54, 1.807) is 36.4 Å². The molecule has 0 aromatic heterocycles. The van der Waals surface area contributed by atoms with Crippen LogP contribution in [0.3, 0.4) is 0 Å². The van der Waals surface area contributed by atoms with Crippen molar-refractivity contribution in [3.05, 3.63) is 98.0 Å². The van der Waals surface area contributed by atoms with Crippen LogP contribution in [0.25, 0.3) is 6.08 Å². The van der Waals surface area contributed by atoms with Crippen molar-refractivity contribution in [2.75, 3.05) is 23.8 Å². The molecule has 0 radical (unpaired) electrons. The standard InChI is InChI=1S/C28H22IN3O6S/c1-17-2-10-21(11-3-17)31-25(34)16-38-27(36)19-6-4-18(5-7-19)14-23-26(35)32(28(37)39-23)15-24(33)30-22-12-8-20(29)9-13-22/h2-14H,15-16H2,1H3,(H,30,33)(H,31,34)/b23-14-. The number of esters is 1. The summed E-state index contributed by atoms with van der Waals surface area (Å²) in [6.07, 6.45) is 1.51. The number of amides is 4. The van der Waals surface area contributed by atoms with Crippen LogP contribution < -0.4 is 10.6 Å². The van der Waals surface area contributed by atoms with Crippen molar-refractivity contribution < 1.29 is 28.7 Å². The lowest BCUT2D eigenvalue weighted by molar-refractivity contribution is -0.127. The van der Waals surface area contributed by atoms with Crippen LogP contribution in [0, 0.1) is 10.5 Å². The summed E-state index contributed by atoms with van der Waals surface area (Å²) in [6, 6.07) is 20.5. The minimum Gasteiger partial charge on any atom is -0.452 e. The first-order valence-electron chi connectivity index (χ1n) is 11.6. The molecule has 3 aromatic carbocycles. The molecule has 0 unspecified atom stereocenters. The number of ether oxygens (including phenoxy) is 1. The van der Waals surface area contributed by atoms with Gasteiger partial charge in [0.2, 0.25) is 5.91 Å². The number of hydrogen-bond acceptors (Lipinski definition) is 7. The van der Waals surface area contributed by atoms with E-state index in [0.717, 1.165) is 25.8 Å². The van der Waals surface area contributed by atoms with E-state index in [9.17, 15) is 24.0 Å². The van der Waals surface area contributed by atoms with Crippen LogP contribution in [0.2, 0.25) is 0 Å². The quantitative estimate of drug-likeness (QED) is 0.198. The molecule has 0 aliphatic carbocycles. The molecule has 3 aromatic rings. The molecule has 1 fully saturated rings. The molecule has 39 heavy (non-hydrogen) atoms. The second-order valence-electron chi connectivity index (χ2n) is 8.44. The van der Waals surface area contributed by atoms with Gasteiger partial charge in [-0.25, -0.2) is 4.79 Å². The predicted octanol–water partition coefficient (Wildman–Crippen LogP) is 5.07. The minimum atomic E-state index is -0.680. The molecule has 9 nitrogen and oxygen atoms in total. The van der Waals surface area contributed by atoms with Crippen molar-refractivity contribution in [2.45, 2.75) is 6.92 Å².